The Balaban J connectivity index is 1.51. The number of benzene rings is 1. The molecule has 0 aliphatic heterocycles. The summed E-state index contributed by atoms with van der Waals surface area (Å²) >= 11 is 2.76. The highest BCUT2D eigenvalue weighted by molar-refractivity contribution is 7.99. The highest BCUT2D eigenvalue weighted by atomic mass is 32.2. The van der Waals surface area contributed by atoms with Gasteiger partial charge in [0.25, 0.3) is 5.91 Å². The summed E-state index contributed by atoms with van der Waals surface area (Å²) in [7, 11) is 1.60. The number of carbonyl (C=O) groups excluding carboxylic acids is 2. The molecule has 0 saturated carbocycles. The fraction of sp³-hybridized carbons (Fsp3) is 0.273. The van der Waals surface area contributed by atoms with Crippen LogP contribution in [0.25, 0.3) is 0 Å². The number of hydrogen-bond acceptors (Lipinski definition) is 7. The van der Waals surface area contributed by atoms with Crippen LogP contribution in [0.1, 0.15) is 33.6 Å². The maximum atomic E-state index is 13.2. The molecular formula is C22H22N4O3S2. The molecule has 1 aliphatic carbocycles. The molecule has 9 heteroatoms. The summed E-state index contributed by atoms with van der Waals surface area (Å²) < 4.78 is 5.17. The molecule has 4 rings (SSSR count). The quantitative estimate of drug-likeness (QED) is 0.406. The molecule has 1 aromatic carbocycles. The first kappa shape index (κ1) is 21.3. The number of nitrogens with one attached hydrogen (secondary N) is 2. The van der Waals surface area contributed by atoms with Crippen LogP contribution in [-0.2, 0) is 17.6 Å². The first-order valence-corrected chi connectivity index (χ1v) is 11.7. The number of carbonyl (C=O) groups is 2. The lowest BCUT2D eigenvalue weighted by Crippen LogP contribution is -2.19. The van der Waals surface area contributed by atoms with Crippen LogP contribution in [0, 0.1) is 0 Å². The number of amides is 2. The fourth-order valence-corrected chi connectivity index (χ4v) is 5.32. The molecule has 0 atom stereocenters. The minimum atomic E-state index is -0.209. The number of nitrogens with zero attached hydrogens (tertiary/aromatic N) is 2. The third-order valence-corrected chi connectivity index (χ3v) is 6.96. The molecule has 2 amide bonds. The van der Waals surface area contributed by atoms with Gasteiger partial charge in [0.2, 0.25) is 5.91 Å². The topological polar surface area (TPSA) is 93.2 Å². The lowest BCUT2D eigenvalue weighted by Gasteiger charge is -2.13. The van der Waals surface area contributed by atoms with E-state index in [-0.39, 0.29) is 17.6 Å². The van der Waals surface area contributed by atoms with Crippen LogP contribution >= 0.6 is 23.1 Å². The van der Waals surface area contributed by atoms with Crippen molar-refractivity contribution in [1.29, 1.82) is 0 Å². The molecule has 7 nitrogen and oxygen atoms in total. The average Bonchev–Trinajstić information content (AvgIpc) is 3.16. The highest BCUT2D eigenvalue weighted by Gasteiger charge is 2.26. The van der Waals surface area contributed by atoms with Gasteiger partial charge >= 0.3 is 0 Å². The molecule has 1 aliphatic rings. The maximum absolute atomic E-state index is 13.2. The Morgan fingerprint density at radius 1 is 1.10 bits per heavy atom. The van der Waals surface area contributed by atoms with E-state index in [0.717, 1.165) is 37.0 Å². The molecule has 0 radical (unpaired) electrons. The fourth-order valence-electron chi connectivity index (χ4n) is 3.41. The summed E-state index contributed by atoms with van der Waals surface area (Å²) in [5, 5.41) is 7.05. The van der Waals surface area contributed by atoms with Gasteiger partial charge in [-0.25, -0.2) is 9.97 Å². The van der Waals surface area contributed by atoms with E-state index in [9.17, 15) is 9.59 Å². The van der Waals surface area contributed by atoms with Crippen LogP contribution < -0.4 is 15.4 Å². The summed E-state index contributed by atoms with van der Waals surface area (Å²) in [4.78, 5) is 35.2. The van der Waals surface area contributed by atoms with Crippen molar-refractivity contribution in [1.82, 2.24) is 9.97 Å². The molecule has 31 heavy (non-hydrogen) atoms. The number of fused-ring (bicyclic) bond motifs is 1. The zero-order chi connectivity index (χ0) is 21.6. The molecular weight excluding hydrogens is 432 g/mol. The largest absolute Gasteiger partial charge is 0.497 e. The summed E-state index contributed by atoms with van der Waals surface area (Å²) in [6.07, 6.45) is 7.21. The Labute approximate surface area is 188 Å². The van der Waals surface area contributed by atoms with E-state index in [1.807, 2.05) is 0 Å². The number of methoxy groups -OCH3 is 1. The van der Waals surface area contributed by atoms with Crippen molar-refractivity contribution in [2.24, 2.45) is 0 Å². The maximum Gasteiger partial charge on any atom is 0.258 e. The van der Waals surface area contributed by atoms with Crippen LogP contribution in [0.4, 0.5) is 10.7 Å². The predicted octanol–water partition coefficient (Wildman–Crippen LogP) is 4.41. The van der Waals surface area contributed by atoms with E-state index < -0.39 is 0 Å². The second kappa shape index (κ2) is 9.93. The standard InChI is InChI=1S/C22H22N4O3S2/c1-29-15-9-7-14(8-10-15)25-20(28)19-16-5-2-3-6-17(16)31-21(19)26-18(27)13-30-22-23-11-4-12-24-22/h4,7-12H,2-3,5-6,13H2,1H3,(H,25,28)(H,26,27). The molecule has 2 heterocycles. The van der Waals surface area contributed by atoms with E-state index in [4.69, 9.17) is 4.74 Å². The van der Waals surface area contributed by atoms with Crippen LogP contribution in [0.3, 0.4) is 0 Å². The molecule has 0 spiro atoms. The molecule has 0 fully saturated rings. The second-order valence-corrected chi connectivity index (χ2v) is 9.01. The van der Waals surface area contributed by atoms with Crippen molar-refractivity contribution in [2.45, 2.75) is 30.8 Å². The summed E-state index contributed by atoms with van der Waals surface area (Å²) in [6.45, 7) is 0. The minimum Gasteiger partial charge on any atom is -0.497 e. The molecule has 160 valence electrons. The van der Waals surface area contributed by atoms with Crippen LogP contribution in [0.5, 0.6) is 5.75 Å². The monoisotopic (exact) mass is 454 g/mol. The van der Waals surface area contributed by atoms with Crippen molar-refractivity contribution in [2.75, 3.05) is 23.5 Å². The van der Waals surface area contributed by atoms with E-state index in [1.54, 1.807) is 49.8 Å². The summed E-state index contributed by atoms with van der Waals surface area (Å²) in [5.74, 6) is 0.499. The van der Waals surface area contributed by atoms with Gasteiger partial charge in [0.15, 0.2) is 5.16 Å². The van der Waals surface area contributed by atoms with E-state index in [2.05, 4.69) is 20.6 Å². The van der Waals surface area contributed by atoms with E-state index in [0.29, 0.717) is 21.4 Å². The van der Waals surface area contributed by atoms with E-state index >= 15 is 0 Å². The van der Waals surface area contributed by atoms with Gasteiger partial charge in [-0.2, -0.15) is 0 Å². The average molecular weight is 455 g/mol. The van der Waals surface area contributed by atoms with E-state index in [1.165, 1.54) is 28.0 Å². The Bertz CT molecular complexity index is 1070. The zero-order valence-corrected chi connectivity index (χ0v) is 18.6. The normalized spacial score (nSPS) is 12.7. The third-order valence-electron chi connectivity index (χ3n) is 4.87. The van der Waals surface area contributed by atoms with Crippen molar-refractivity contribution in [3.63, 3.8) is 0 Å². The number of hydrogen-bond donors (Lipinski definition) is 2. The molecule has 3 aromatic rings. The van der Waals surface area contributed by atoms with Gasteiger partial charge in [-0.3, -0.25) is 9.59 Å². The van der Waals surface area contributed by atoms with Gasteiger partial charge in [0.05, 0.1) is 18.4 Å². The number of thiophene rings is 1. The lowest BCUT2D eigenvalue weighted by molar-refractivity contribution is -0.113. The van der Waals surface area contributed by atoms with Crippen molar-refractivity contribution in [3.05, 3.63) is 58.7 Å². The van der Waals surface area contributed by atoms with Gasteiger partial charge in [-0.15, -0.1) is 11.3 Å². The number of anilines is 2. The number of rotatable bonds is 7. The first-order chi connectivity index (χ1) is 15.1. The smallest absolute Gasteiger partial charge is 0.258 e. The number of aryl methyl sites for hydroxylation is 1. The van der Waals surface area contributed by atoms with Crippen molar-refractivity contribution >= 4 is 45.6 Å². The van der Waals surface area contributed by atoms with Gasteiger partial charge in [0.1, 0.15) is 10.8 Å². The Hall–Kier alpha value is -2.91. The molecule has 0 bridgehead atoms. The van der Waals surface area contributed by atoms with Crippen molar-refractivity contribution in [3.8, 4) is 5.75 Å². The molecule has 0 saturated heterocycles. The van der Waals surface area contributed by atoms with Crippen LogP contribution in [0.2, 0.25) is 0 Å². The number of ether oxygens (including phenoxy) is 1. The van der Waals surface area contributed by atoms with Gasteiger partial charge in [0, 0.05) is 23.0 Å². The highest BCUT2D eigenvalue weighted by Crippen LogP contribution is 2.38. The van der Waals surface area contributed by atoms with Crippen LogP contribution in [0.15, 0.2) is 47.9 Å². The number of thioether (sulfide) groups is 1. The SMILES string of the molecule is COc1ccc(NC(=O)c2c(NC(=O)CSc3ncccn3)sc3c2CCCC3)cc1. The Morgan fingerprint density at radius 3 is 2.58 bits per heavy atom. The first-order valence-electron chi connectivity index (χ1n) is 9.93. The lowest BCUT2D eigenvalue weighted by atomic mass is 9.95. The molecule has 0 unspecified atom stereocenters. The van der Waals surface area contributed by atoms with Gasteiger partial charge < -0.3 is 15.4 Å². The Morgan fingerprint density at radius 2 is 1.84 bits per heavy atom. The molecule has 2 N–H and O–H groups in total. The third kappa shape index (κ3) is 5.23. The van der Waals surface area contributed by atoms with Gasteiger partial charge in [-0.05, 0) is 61.6 Å². The second-order valence-electron chi connectivity index (χ2n) is 6.97. The zero-order valence-electron chi connectivity index (χ0n) is 17.0. The minimum absolute atomic E-state index is 0.173. The van der Waals surface area contributed by atoms with Crippen LogP contribution in [-0.4, -0.2) is 34.6 Å². The van der Waals surface area contributed by atoms with Gasteiger partial charge in [-0.1, -0.05) is 11.8 Å². The summed E-state index contributed by atoms with van der Waals surface area (Å²) in [5.41, 5.74) is 2.30. The predicted molar refractivity (Wildman–Crippen MR) is 123 cm³/mol. The number of aromatic nitrogens is 2. The Kier molecular flexibility index (Phi) is 6.83. The van der Waals surface area contributed by atoms with Crippen molar-refractivity contribution < 1.29 is 14.3 Å². The summed E-state index contributed by atoms with van der Waals surface area (Å²) in [6, 6.07) is 8.91. The molecule has 2 aromatic heterocycles.